The van der Waals surface area contributed by atoms with Crippen molar-refractivity contribution in [2.45, 2.75) is 19.4 Å². The van der Waals surface area contributed by atoms with Crippen molar-refractivity contribution in [3.05, 3.63) is 15.3 Å². The average Bonchev–Trinajstić information content (AvgIpc) is 2.31. The highest BCUT2D eigenvalue weighted by Crippen LogP contribution is 2.12. The number of aromatic amines is 2. The minimum Gasteiger partial charge on any atom is -0.382 e. The molecule has 2 N–H and O–H groups in total. The Kier molecular flexibility index (Phi) is 2.72. The van der Waals surface area contributed by atoms with E-state index < -0.39 is 5.54 Å². The van der Waals surface area contributed by atoms with Gasteiger partial charge in [0.1, 0.15) is 0 Å². The number of hydrogen-bond donors (Lipinski definition) is 2. The first kappa shape index (κ1) is 10.2. The highest BCUT2D eigenvalue weighted by atomic mass is 32.1. The Morgan fingerprint density at radius 1 is 1.54 bits per heavy atom. The first-order valence-electron chi connectivity index (χ1n) is 3.88. The normalized spacial score (nSPS) is 11.9. The molecule has 0 aromatic carbocycles. The standard InChI is InChI=1S/C7H13N3O2S/c1-7(2,4-12-3)10-5(11)8-9-6(10)13/h4H2,1-3H3,(H,8,11)(H,9,13). The van der Waals surface area contributed by atoms with Gasteiger partial charge >= 0.3 is 5.69 Å². The molecule has 0 aliphatic carbocycles. The van der Waals surface area contributed by atoms with Crippen LogP contribution in [0.25, 0.3) is 0 Å². The van der Waals surface area contributed by atoms with Crippen LogP contribution in [0.2, 0.25) is 0 Å². The molecule has 0 aliphatic heterocycles. The van der Waals surface area contributed by atoms with Crippen molar-refractivity contribution in [1.29, 1.82) is 0 Å². The summed E-state index contributed by atoms with van der Waals surface area (Å²) in [5, 5.41) is 5.01. The van der Waals surface area contributed by atoms with Gasteiger partial charge in [0.25, 0.3) is 0 Å². The predicted octanol–water partition coefficient (Wildman–Crippen LogP) is 0.615. The Morgan fingerprint density at radius 3 is 2.54 bits per heavy atom. The number of hydrogen-bond acceptors (Lipinski definition) is 3. The molecule has 0 amide bonds. The summed E-state index contributed by atoms with van der Waals surface area (Å²) in [5.41, 5.74) is -0.675. The van der Waals surface area contributed by atoms with Gasteiger partial charge in [-0.3, -0.25) is 9.67 Å². The van der Waals surface area contributed by atoms with Gasteiger partial charge in [-0.1, -0.05) is 0 Å². The van der Waals surface area contributed by atoms with Crippen molar-refractivity contribution < 1.29 is 4.74 Å². The third-order valence-corrected chi connectivity index (χ3v) is 2.07. The fourth-order valence-corrected chi connectivity index (χ4v) is 1.66. The van der Waals surface area contributed by atoms with E-state index in [0.717, 1.165) is 0 Å². The molecule has 0 fully saturated rings. The zero-order chi connectivity index (χ0) is 10.1. The highest BCUT2D eigenvalue weighted by molar-refractivity contribution is 7.71. The van der Waals surface area contributed by atoms with Gasteiger partial charge in [0.05, 0.1) is 12.1 Å². The van der Waals surface area contributed by atoms with Gasteiger partial charge in [-0.25, -0.2) is 9.89 Å². The second-order valence-electron chi connectivity index (χ2n) is 3.44. The third kappa shape index (κ3) is 1.89. The summed E-state index contributed by atoms with van der Waals surface area (Å²) in [7, 11) is 1.59. The number of nitrogens with one attached hydrogen (secondary N) is 2. The number of rotatable bonds is 3. The van der Waals surface area contributed by atoms with Crippen LogP contribution >= 0.6 is 12.2 Å². The number of H-pyrrole nitrogens is 2. The van der Waals surface area contributed by atoms with Crippen LogP contribution in [0.5, 0.6) is 0 Å². The van der Waals surface area contributed by atoms with Crippen LogP contribution in [0.15, 0.2) is 4.79 Å². The molecule has 0 bridgehead atoms. The van der Waals surface area contributed by atoms with Crippen LogP contribution in [0, 0.1) is 4.77 Å². The van der Waals surface area contributed by atoms with Gasteiger partial charge in [0, 0.05) is 7.11 Å². The summed E-state index contributed by atoms with van der Waals surface area (Å²) in [6, 6.07) is 0. The van der Waals surface area contributed by atoms with Crippen LogP contribution in [-0.2, 0) is 10.3 Å². The molecule has 0 spiro atoms. The van der Waals surface area contributed by atoms with E-state index in [4.69, 9.17) is 17.0 Å². The Balaban J connectivity index is 3.20. The largest absolute Gasteiger partial charge is 0.382 e. The third-order valence-electron chi connectivity index (χ3n) is 1.79. The van der Waals surface area contributed by atoms with Crippen molar-refractivity contribution in [2.24, 2.45) is 0 Å². The van der Waals surface area contributed by atoms with Crippen molar-refractivity contribution in [3.63, 3.8) is 0 Å². The first-order chi connectivity index (χ1) is 5.99. The summed E-state index contributed by atoms with van der Waals surface area (Å²) < 4.78 is 6.85. The Morgan fingerprint density at radius 2 is 2.15 bits per heavy atom. The molecule has 1 rings (SSSR count). The van der Waals surface area contributed by atoms with Crippen LogP contribution in [0.4, 0.5) is 0 Å². The van der Waals surface area contributed by atoms with Crippen LogP contribution in [0.1, 0.15) is 13.8 Å². The number of aromatic nitrogens is 3. The van der Waals surface area contributed by atoms with E-state index in [-0.39, 0.29) is 5.69 Å². The van der Waals surface area contributed by atoms with Crippen LogP contribution < -0.4 is 5.69 Å². The molecule has 6 heteroatoms. The molecule has 13 heavy (non-hydrogen) atoms. The SMILES string of the molecule is COCC(C)(C)n1c(=O)[nH][nH]c1=S. The molecule has 0 atom stereocenters. The molecule has 0 aliphatic rings. The second kappa shape index (κ2) is 3.47. The van der Waals surface area contributed by atoms with E-state index >= 15 is 0 Å². The zero-order valence-corrected chi connectivity index (χ0v) is 8.70. The van der Waals surface area contributed by atoms with E-state index in [9.17, 15) is 4.79 Å². The molecule has 0 unspecified atom stereocenters. The maximum atomic E-state index is 11.3. The van der Waals surface area contributed by atoms with Crippen LogP contribution in [0.3, 0.4) is 0 Å². The lowest BCUT2D eigenvalue weighted by atomic mass is 10.1. The van der Waals surface area contributed by atoms with Crippen LogP contribution in [-0.4, -0.2) is 28.5 Å². The molecule has 1 aromatic rings. The topological polar surface area (TPSA) is 62.8 Å². The van der Waals surface area contributed by atoms with Gasteiger partial charge < -0.3 is 4.74 Å². The minimum absolute atomic E-state index is 0.243. The maximum Gasteiger partial charge on any atom is 0.342 e. The molecular formula is C7H13N3O2S. The molecule has 74 valence electrons. The predicted molar refractivity (Wildman–Crippen MR) is 51.4 cm³/mol. The summed E-state index contributed by atoms with van der Waals surface area (Å²) in [6.07, 6.45) is 0. The molecule has 1 heterocycles. The minimum atomic E-state index is -0.431. The average molecular weight is 203 g/mol. The molecule has 5 nitrogen and oxygen atoms in total. The quantitative estimate of drug-likeness (QED) is 0.708. The zero-order valence-electron chi connectivity index (χ0n) is 7.88. The molecule has 0 saturated carbocycles. The van der Waals surface area contributed by atoms with E-state index in [1.165, 1.54) is 4.57 Å². The van der Waals surface area contributed by atoms with E-state index in [0.29, 0.717) is 11.4 Å². The Labute approximate surface area is 80.7 Å². The highest BCUT2D eigenvalue weighted by Gasteiger charge is 2.23. The fraction of sp³-hybridized carbons (Fsp3) is 0.714. The van der Waals surface area contributed by atoms with Crippen molar-refractivity contribution in [1.82, 2.24) is 14.8 Å². The lowest BCUT2D eigenvalue weighted by Gasteiger charge is -2.23. The molecule has 0 radical (unpaired) electrons. The van der Waals surface area contributed by atoms with Crippen molar-refractivity contribution in [2.75, 3.05) is 13.7 Å². The van der Waals surface area contributed by atoms with Gasteiger partial charge in [-0.05, 0) is 26.1 Å². The number of ether oxygens (including phenoxy) is 1. The Hall–Kier alpha value is -0.880. The second-order valence-corrected chi connectivity index (χ2v) is 3.83. The van der Waals surface area contributed by atoms with Gasteiger partial charge in [0.2, 0.25) is 0 Å². The van der Waals surface area contributed by atoms with E-state index in [1.54, 1.807) is 7.11 Å². The maximum absolute atomic E-state index is 11.3. The van der Waals surface area contributed by atoms with Gasteiger partial charge in [-0.2, -0.15) is 0 Å². The van der Waals surface area contributed by atoms with E-state index in [1.807, 2.05) is 13.8 Å². The Bertz CT molecular complexity index is 359. The lowest BCUT2D eigenvalue weighted by Crippen LogP contribution is -2.38. The van der Waals surface area contributed by atoms with Gasteiger partial charge in [-0.15, -0.1) is 0 Å². The molecular weight excluding hydrogens is 190 g/mol. The number of nitrogens with zero attached hydrogens (tertiary/aromatic N) is 1. The molecule has 1 aromatic heterocycles. The summed E-state index contributed by atoms with van der Waals surface area (Å²) in [4.78, 5) is 11.3. The summed E-state index contributed by atoms with van der Waals surface area (Å²) in [5.74, 6) is 0. The monoisotopic (exact) mass is 203 g/mol. The fourth-order valence-electron chi connectivity index (χ4n) is 1.28. The van der Waals surface area contributed by atoms with Gasteiger partial charge in [0.15, 0.2) is 4.77 Å². The van der Waals surface area contributed by atoms with E-state index in [2.05, 4.69) is 10.2 Å². The summed E-state index contributed by atoms with van der Waals surface area (Å²) in [6.45, 7) is 4.20. The van der Waals surface area contributed by atoms with Crippen molar-refractivity contribution in [3.8, 4) is 0 Å². The van der Waals surface area contributed by atoms with Crippen molar-refractivity contribution >= 4 is 12.2 Å². The summed E-state index contributed by atoms with van der Waals surface area (Å²) >= 11 is 4.96. The smallest absolute Gasteiger partial charge is 0.342 e. The lowest BCUT2D eigenvalue weighted by molar-refractivity contribution is 0.106. The number of methoxy groups -OCH3 is 1. The molecule has 0 saturated heterocycles. The first-order valence-corrected chi connectivity index (χ1v) is 4.29.